The first-order valence-corrected chi connectivity index (χ1v) is 7.21. The minimum Gasteiger partial charge on any atom is -0.508 e. The van der Waals surface area contributed by atoms with Gasteiger partial charge in [0.25, 0.3) is 0 Å². The molecule has 0 radical (unpaired) electrons. The molecule has 0 bridgehead atoms. The van der Waals surface area contributed by atoms with E-state index in [1.54, 1.807) is 18.2 Å². The van der Waals surface area contributed by atoms with Crippen molar-refractivity contribution in [3.8, 4) is 5.75 Å². The van der Waals surface area contributed by atoms with Gasteiger partial charge in [0.05, 0.1) is 0 Å². The first kappa shape index (κ1) is 14.9. The molecule has 0 atom stereocenters. The van der Waals surface area contributed by atoms with Crippen LogP contribution in [0, 0.1) is 0 Å². The van der Waals surface area contributed by atoms with Crippen molar-refractivity contribution in [3.63, 3.8) is 0 Å². The maximum atomic E-state index is 9.76. The number of phenolic OH excluding ortho intramolecular Hbond substituents is 1. The van der Waals surface area contributed by atoms with Crippen LogP contribution in [0.1, 0.15) is 36.5 Å². The fourth-order valence-electron chi connectivity index (χ4n) is 2.07. The van der Waals surface area contributed by atoms with Gasteiger partial charge in [0.2, 0.25) is 0 Å². The minimum atomic E-state index is 0.236. The molecule has 0 aromatic heterocycles. The number of rotatable bonds is 5. The SMILES string of the molecule is CC(C)c1ccc(CNCc2c(O)cccc2Cl)cc1. The van der Waals surface area contributed by atoms with Crippen LogP contribution in [0.4, 0.5) is 0 Å². The lowest BCUT2D eigenvalue weighted by Gasteiger charge is -2.10. The molecular formula is C17H20ClNO. The maximum Gasteiger partial charge on any atom is 0.121 e. The molecular weight excluding hydrogens is 270 g/mol. The molecule has 2 nitrogen and oxygen atoms in total. The lowest BCUT2D eigenvalue weighted by atomic mass is 10.0. The molecule has 2 rings (SSSR count). The zero-order chi connectivity index (χ0) is 14.5. The predicted molar refractivity (Wildman–Crippen MR) is 84.2 cm³/mol. The predicted octanol–water partition coefficient (Wildman–Crippen LogP) is 4.46. The van der Waals surface area contributed by atoms with Crippen LogP contribution < -0.4 is 5.32 Å². The van der Waals surface area contributed by atoms with Crippen molar-refractivity contribution < 1.29 is 5.11 Å². The Morgan fingerprint density at radius 1 is 1.05 bits per heavy atom. The number of halogens is 1. The molecule has 0 fully saturated rings. The van der Waals surface area contributed by atoms with Gasteiger partial charge in [0, 0.05) is 23.7 Å². The van der Waals surface area contributed by atoms with E-state index < -0.39 is 0 Å². The van der Waals surface area contributed by atoms with Gasteiger partial charge < -0.3 is 10.4 Å². The van der Waals surface area contributed by atoms with Crippen molar-refractivity contribution in [2.24, 2.45) is 0 Å². The quantitative estimate of drug-likeness (QED) is 0.852. The fourth-order valence-corrected chi connectivity index (χ4v) is 2.31. The third-order valence-electron chi connectivity index (χ3n) is 3.37. The Hall–Kier alpha value is -1.51. The molecule has 0 aliphatic rings. The summed E-state index contributed by atoms with van der Waals surface area (Å²) in [4.78, 5) is 0. The summed E-state index contributed by atoms with van der Waals surface area (Å²) >= 11 is 6.07. The lowest BCUT2D eigenvalue weighted by molar-refractivity contribution is 0.464. The average molecular weight is 290 g/mol. The van der Waals surface area contributed by atoms with Crippen LogP contribution in [-0.2, 0) is 13.1 Å². The zero-order valence-corrected chi connectivity index (χ0v) is 12.6. The van der Waals surface area contributed by atoms with Crippen molar-refractivity contribution >= 4 is 11.6 Å². The van der Waals surface area contributed by atoms with E-state index in [4.69, 9.17) is 11.6 Å². The van der Waals surface area contributed by atoms with E-state index in [9.17, 15) is 5.11 Å². The largest absolute Gasteiger partial charge is 0.508 e. The molecule has 0 aliphatic carbocycles. The molecule has 0 saturated carbocycles. The van der Waals surface area contributed by atoms with Gasteiger partial charge in [0.1, 0.15) is 5.75 Å². The average Bonchev–Trinajstić information content (AvgIpc) is 2.42. The summed E-state index contributed by atoms with van der Waals surface area (Å²) < 4.78 is 0. The Morgan fingerprint density at radius 3 is 2.35 bits per heavy atom. The molecule has 0 heterocycles. The number of benzene rings is 2. The van der Waals surface area contributed by atoms with Gasteiger partial charge in [0.15, 0.2) is 0 Å². The van der Waals surface area contributed by atoms with Gasteiger partial charge in [-0.3, -0.25) is 0 Å². The van der Waals surface area contributed by atoms with Gasteiger partial charge in [-0.1, -0.05) is 55.8 Å². The summed E-state index contributed by atoms with van der Waals surface area (Å²) in [6.45, 7) is 5.68. The molecule has 0 unspecified atom stereocenters. The monoisotopic (exact) mass is 289 g/mol. The van der Waals surface area contributed by atoms with Crippen LogP contribution in [-0.4, -0.2) is 5.11 Å². The Morgan fingerprint density at radius 2 is 1.75 bits per heavy atom. The second-order valence-electron chi connectivity index (χ2n) is 5.24. The Labute approximate surface area is 125 Å². The Bertz CT molecular complexity index is 543. The van der Waals surface area contributed by atoms with E-state index >= 15 is 0 Å². The fraction of sp³-hybridized carbons (Fsp3) is 0.294. The molecule has 2 N–H and O–H groups in total. The number of nitrogens with one attached hydrogen (secondary N) is 1. The standard InChI is InChI=1S/C17H20ClNO/c1-12(2)14-8-6-13(7-9-14)10-19-11-15-16(18)4-3-5-17(15)20/h3-9,12,19-20H,10-11H2,1-2H3. The zero-order valence-electron chi connectivity index (χ0n) is 11.9. The smallest absolute Gasteiger partial charge is 0.121 e. The van der Waals surface area contributed by atoms with Crippen LogP contribution >= 0.6 is 11.6 Å². The highest BCUT2D eigenvalue weighted by molar-refractivity contribution is 6.31. The second kappa shape index (κ2) is 6.78. The summed E-state index contributed by atoms with van der Waals surface area (Å²) in [6.07, 6.45) is 0. The molecule has 20 heavy (non-hydrogen) atoms. The number of aromatic hydroxyl groups is 1. The number of hydrogen-bond acceptors (Lipinski definition) is 2. The topological polar surface area (TPSA) is 32.3 Å². The van der Waals surface area contributed by atoms with Crippen molar-refractivity contribution in [2.75, 3.05) is 0 Å². The van der Waals surface area contributed by atoms with Crippen LogP contribution in [0.5, 0.6) is 5.75 Å². The van der Waals surface area contributed by atoms with Crippen molar-refractivity contribution in [1.29, 1.82) is 0 Å². The van der Waals surface area contributed by atoms with E-state index in [0.717, 1.165) is 12.1 Å². The highest BCUT2D eigenvalue weighted by Crippen LogP contribution is 2.24. The van der Waals surface area contributed by atoms with E-state index in [1.807, 2.05) is 0 Å². The summed E-state index contributed by atoms with van der Waals surface area (Å²) in [5.74, 6) is 0.789. The summed E-state index contributed by atoms with van der Waals surface area (Å²) in [7, 11) is 0. The van der Waals surface area contributed by atoms with E-state index in [-0.39, 0.29) is 5.75 Å². The first-order valence-electron chi connectivity index (χ1n) is 6.84. The van der Waals surface area contributed by atoms with E-state index in [2.05, 4.69) is 43.4 Å². The van der Waals surface area contributed by atoms with Crippen LogP contribution in [0.25, 0.3) is 0 Å². The molecule has 0 aliphatic heterocycles. The second-order valence-corrected chi connectivity index (χ2v) is 5.64. The van der Waals surface area contributed by atoms with Crippen LogP contribution in [0.3, 0.4) is 0 Å². The van der Waals surface area contributed by atoms with Gasteiger partial charge in [-0.05, 0) is 29.2 Å². The van der Waals surface area contributed by atoms with E-state index in [0.29, 0.717) is 17.5 Å². The Balaban J connectivity index is 1.93. The molecule has 3 heteroatoms. The third-order valence-corrected chi connectivity index (χ3v) is 3.73. The van der Waals surface area contributed by atoms with Crippen LogP contribution in [0.15, 0.2) is 42.5 Å². The molecule has 2 aromatic rings. The lowest BCUT2D eigenvalue weighted by Crippen LogP contribution is -2.13. The third kappa shape index (κ3) is 3.75. The normalized spacial score (nSPS) is 11.0. The Kier molecular flexibility index (Phi) is 5.05. The van der Waals surface area contributed by atoms with E-state index in [1.165, 1.54) is 11.1 Å². The first-order chi connectivity index (χ1) is 9.58. The summed E-state index contributed by atoms with van der Waals surface area (Å²) in [6, 6.07) is 13.8. The highest BCUT2D eigenvalue weighted by Gasteiger charge is 2.05. The minimum absolute atomic E-state index is 0.236. The van der Waals surface area contributed by atoms with Gasteiger partial charge in [-0.2, -0.15) is 0 Å². The summed E-state index contributed by atoms with van der Waals surface area (Å²) in [5.41, 5.74) is 3.31. The number of hydrogen-bond donors (Lipinski definition) is 2. The molecule has 0 spiro atoms. The molecule has 106 valence electrons. The number of phenols is 1. The maximum absolute atomic E-state index is 9.76. The van der Waals surface area contributed by atoms with Gasteiger partial charge in [-0.25, -0.2) is 0 Å². The van der Waals surface area contributed by atoms with Crippen molar-refractivity contribution in [2.45, 2.75) is 32.9 Å². The van der Waals surface area contributed by atoms with Crippen LogP contribution in [0.2, 0.25) is 5.02 Å². The van der Waals surface area contributed by atoms with Gasteiger partial charge >= 0.3 is 0 Å². The molecule has 0 saturated heterocycles. The highest BCUT2D eigenvalue weighted by atomic mass is 35.5. The molecule has 0 amide bonds. The van der Waals surface area contributed by atoms with Crippen molar-refractivity contribution in [3.05, 3.63) is 64.2 Å². The molecule has 2 aromatic carbocycles. The van der Waals surface area contributed by atoms with Crippen molar-refractivity contribution in [1.82, 2.24) is 5.32 Å². The summed E-state index contributed by atoms with van der Waals surface area (Å²) in [5, 5.41) is 13.7. The van der Waals surface area contributed by atoms with Gasteiger partial charge in [-0.15, -0.1) is 0 Å².